The van der Waals surface area contributed by atoms with E-state index in [1.54, 1.807) is 0 Å². The molecule has 2 N–H and O–H groups in total. The molecule has 23 heavy (non-hydrogen) atoms. The molecule has 0 aromatic rings. The van der Waals surface area contributed by atoms with Crippen molar-refractivity contribution in [1.29, 1.82) is 0 Å². The van der Waals surface area contributed by atoms with Crippen molar-refractivity contribution in [3.05, 3.63) is 0 Å². The molecule has 3 fully saturated rings. The SMILES string of the molecule is CN(CCN1[C@@H]2CCC[C@@]1(C(N)=O)CC2)C1CCS(=O)(=O)CC1. The molecule has 0 aliphatic carbocycles. The van der Waals surface area contributed by atoms with Crippen LogP contribution in [-0.4, -0.2) is 73.4 Å². The van der Waals surface area contributed by atoms with Crippen molar-refractivity contribution < 1.29 is 13.2 Å². The van der Waals surface area contributed by atoms with Gasteiger partial charge in [0, 0.05) is 25.2 Å². The molecule has 3 rings (SSSR count). The topological polar surface area (TPSA) is 83.7 Å². The third-order valence-electron chi connectivity index (χ3n) is 6.31. The average molecular weight is 343 g/mol. The van der Waals surface area contributed by atoms with E-state index in [1.807, 2.05) is 0 Å². The first-order valence-electron chi connectivity index (χ1n) is 8.81. The minimum Gasteiger partial charge on any atom is -0.368 e. The lowest BCUT2D eigenvalue weighted by Crippen LogP contribution is -2.59. The predicted octanol–water partition coefficient (Wildman–Crippen LogP) is 0.368. The molecule has 6 nitrogen and oxygen atoms in total. The van der Waals surface area contributed by atoms with E-state index in [0.717, 1.165) is 51.6 Å². The van der Waals surface area contributed by atoms with Crippen molar-refractivity contribution in [3.8, 4) is 0 Å². The Kier molecular flexibility index (Phi) is 4.73. The van der Waals surface area contributed by atoms with E-state index in [1.165, 1.54) is 6.42 Å². The van der Waals surface area contributed by atoms with Crippen LogP contribution in [0, 0.1) is 0 Å². The number of likely N-dealkylation sites (N-methyl/N-ethyl adjacent to an activating group) is 1. The Hall–Kier alpha value is -0.660. The van der Waals surface area contributed by atoms with E-state index >= 15 is 0 Å². The van der Waals surface area contributed by atoms with E-state index in [0.29, 0.717) is 23.6 Å². The van der Waals surface area contributed by atoms with Gasteiger partial charge in [0.2, 0.25) is 5.91 Å². The first kappa shape index (κ1) is 17.2. The highest BCUT2D eigenvalue weighted by Crippen LogP contribution is 2.43. The van der Waals surface area contributed by atoms with E-state index in [4.69, 9.17) is 5.73 Å². The number of amides is 1. The molecular weight excluding hydrogens is 314 g/mol. The third kappa shape index (κ3) is 3.28. The summed E-state index contributed by atoms with van der Waals surface area (Å²) in [6.45, 7) is 1.73. The molecule has 3 saturated heterocycles. The van der Waals surface area contributed by atoms with Crippen molar-refractivity contribution >= 4 is 15.7 Å². The number of fused-ring (bicyclic) bond motifs is 2. The van der Waals surface area contributed by atoms with Gasteiger partial charge in [0.1, 0.15) is 15.4 Å². The van der Waals surface area contributed by atoms with Crippen LogP contribution >= 0.6 is 0 Å². The Morgan fingerprint density at radius 3 is 2.57 bits per heavy atom. The van der Waals surface area contributed by atoms with Crippen LogP contribution in [0.5, 0.6) is 0 Å². The largest absolute Gasteiger partial charge is 0.368 e. The molecular formula is C16H29N3O3S. The van der Waals surface area contributed by atoms with Gasteiger partial charge >= 0.3 is 0 Å². The molecule has 2 bridgehead atoms. The quantitative estimate of drug-likeness (QED) is 0.780. The number of hydrogen-bond acceptors (Lipinski definition) is 5. The van der Waals surface area contributed by atoms with Gasteiger partial charge in [0.25, 0.3) is 0 Å². The average Bonchev–Trinajstić information content (AvgIpc) is 2.70. The van der Waals surface area contributed by atoms with E-state index in [2.05, 4.69) is 16.8 Å². The Bertz CT molecular complexity index is 547. The standard InChI is InChI=1S/C16H29N3O3S/c1-18(13-5-11-23(21,22)12-6-13)9-10-19-14-3-2-7-16(19,8-4-14)15(17)20/h13-14H,2-12H2,1H3,(H2,17,20)/t14-,16+/m1/s1. The molecule has 0 unspecified atom stereocenters. The zero-order chi connectivity index (χ0) is 16.7. The summed E-state index contributed by atoms with van der Waals surface area (Å²) < 4.78 is 23.1. The number of rotatable bonds is 5. The second-order valence-electron chi connectivity index (χ2n) is 7.54. The summed E-state index contributed by atoms with van der Waals surface area (Å²) in [5, 5.41) is 0. The lowest BCUT2D eigenvalue weighted by molar-refractivity contribution is -0.131. The Morgan fingerprint density at radius 1 is 1.22 bits per heavy atom. The van der Waals surface area contributed by atoms with Crippen molar-refractivity contribution in [2.45, 2.75) is 62.6 Å². The second kappa shape index (κ2) is 6.33. The maximum Gasteiger partial charge on any atom is 0.237 e. The summed E-state index contributed by atoms with van der Waals surface area (Å²) in [4.78, 5) is 16.7. The number of carbonyl (C=O) groups is 1. The Balaban J connectivity index is 1.58. The number of piperidine rings is 1. The van der Waals surface area contributed by atoms with Crippen molar-refractivity contribution in [3.63, 3.8) is 0 Å². The van der Waals surface area contributed by atoms with Crippen LogP contribution in [0.3, 0.4) is 0 Å². The molecule has 1 amide bonds. The maximum atomic E-state index is 12.1. The first-order valence-corrected chi connectivity index (χ1v) is 10.6. The van der Waals surface area contributed by atoms with Gasteiger partial charge in [-0.2, -0.15) is 0 Å². The van der Waals surface area contributed by atoms with Crippen LogP contribution in [0.2, 0.25) is 0 Å². The van der Waals surface area contributed by atoms with Gasteiger partial charge in [-0.15, -0.1) is 0 Å². The summed E-state index contributed by atoms with van der Waals surface area (Å²) in [5.74, 6) is 0.449. The molecule has 3 aliphatic rings. The van der Waals surface area contributed by atoms with Crippen LogP contribution in [0.25, 0.3) is 0 Å². The molecule has 0 aromatic carbocycles. The molecule has 7 heteroatoms. The molecule has 2 atom stereocenters. The molecule has 3 heterocycles. The monoisotopic (exact) mass is 343 g/mol. The predicted molar refractivity (Wildman–Crippen MR) is 89.8 cm³/mol. The normalized spacial score (nSPS) is 34.8. The molecule has 132 valence electrons. The fourth-order valence-corrected chi connectivity index (χ4v) is 6.27. The van der Waals surface area contributed by atoms with Crippen molar-refractivity contribution in [1.82, 2.24) is 9.80 Å². The summed E-state index contributed by atoms with van der Waals surface area (Å²) in [7, 11) is -0.737. The molecule has 0 spiro atoms. The number of hydrogen-bond donors (Lipinski definition) is 1. The maximum absolute atomic E-state index is 12.1. The van der Waals surface area contributed by atoms with E-state index in [-0.39, 0.29) is 5.91 Å². The highest BCUT2D eigenvalue weighted by Gasteiger charge is 2.52. The van der Waals surface area contributed by atoms with Gasteiger partial charge in [0.15, 0.2) is 0 Å². The number of carbonyl (C=O) groups excluding carboxylic acids is 1. The summed E-state index contributed by atoms with van der Waals surface area (Å²) >= 11 is 0. The Morgan fingerprint density at radius 2 is 1.91 bits per heavy atom. The summed E-state index contributed by atoms with van der Waals surface area (Å²) in [6, 6.07) is 0.835. The fraction of sp³-hybridized carbons (Fsp3) is 0.938. The first-order chi connectivity index (χ1) is 10.8. The van der Waals surface area contributed by atoms with Gasteiger partial charge in [0.05, 0.1) is 11.5 Å². The Labute approximate surface area is 139 Å². The third-order valence-corrected chi connectivity index (χ3v) is 8.02. The minimum absolute atomic E-state index is 0.161. The van der Waals surface area contributed by atoms with Gasteiger partial charge in [-0.1, -0.05) is 0 Å². The van der Waals surface area contributed by atoms with Crippen LogP contribution < -0.4 is 5.73 Å². The van der Waals surface area contributed by atoms with Crippen LogP contribution in [-0.2, 0) is 14.6 Å². The van der Waals surface area contributed by atoms with Gasteiger partial charge in [-0.25, -0.2) is 8.42 Å². The van der Waals surface area contributed by atoms with Gasteiger partial charge in [-0.05, 0) is 52.0 Å². The van der Waals surface area contributed by atoms with Gasteiger partial charge in [-0.3, -0.25) is 9.69 Å². The van der Waals surface area contributed by atoms with Crippen LogP contribution in [0.1, 0.15) is 44.9 Å². The van der Waals surface area contributed by atoms with Crippen molar-refractivity contribution in [2.75, 3.05) is 31.6 Å². The highest BCUT2D eigenvalue weighted by molar-refractivity contribution is 7.91. The number of nitrogens with two attached hydrogens (primary N) is 1. The fourth-order valence-electron chi connectivity index (χ4n) is 4.80. The molecule has 3 aliphatic heterocycles. The molecule has 0 saturated carbocycles. The molecule has 0 radical (unpaired) electrons. The summed E-state index contributed by atoms with van der Waals surface area (Å²) in [5.41, 5.74) is 5.33. The lowest BCUT2D eigenvalue weighted by atomic mass is 9.87. The smallest absolute Gasteiger partial charge is 0.237 e. The highest BCUT2D eigenvalue weighted by atomic mass is 32.2. The number of nitrogens with zero attached hydrogens (tertiary/aromatic N) is 2. The summed E-state index contributed by atoms with van der Waals surface area (Å²) in [6.07, 6.45) is 6.59. The van der Waals surface area contributed by atoms with Crippen LogP contribution in [0.4, 0.5) is 0 Å². The zero-order valence-corrected chi connectivity index (χ0v) is 14.9. The lowest BCUT2D eigenvalue weighted by Gasteiger charge is -2.44. The zero-order valence-electron chi connectivity index (χ0n) is 14.0. The van der Waals surface area contributed by atoms with Crippen LogP contribution in [0.15, 0.2) is 0 Å². The van der Waals surface area contributed by atoms with Crippen molar-refractivity contribution in [2.24, 2.45) is 5.73 Å². The van der Waals surface area contributed by atoms with Gasteiger partial charge < -0.3 is 10.6 Å². The van der Waals surface area contributed by atoms with E-state index in [9.17, 15) is 13.2 Å². The second-order valence-corrected chi connectivity index (χ2v) is 9.84. The number of sulfone groups is 1. The minimum atomic E-state index is -2.81. The van der Waals surface area contributed by atoms with E-state index < -0.39 is 15.4 Å². The number of primary amides is 1. The molecule has 0 aromatic heterocycles.